The molecule has 1 unspecified atom stereocenters. The number of rotatable bonds is 3. The van der Waals surface area contributed by atoms with Gasteiger partial charge in [0.15, 0.2) is 0 Å². The zero-order valence-electron chi connectivity index (χ0n) is 9.73. The molecule has 84 valence electrons. The lowest BCUT2D eigenvalue weighted by molar-refractivity contribution is 0.119. The van der Waals surface area contributed by atoms with Crippen molar-refractivity contribution in [3.63, 3.8) is 0 Å². The first kappa shape index (κ1) is 11.3. The van der Waals surface area contributed by atoms with Crippen LogP contribution in [0.25, 0.3) is 11.3 Å². The van der Waals surface area contributed by atoms with E-state index in [9.17, 15) is 0 Å². The van der Waals surface area contributed by atoms with E-state index < -0.39 is 0 Å². The first-order chi connectivity index (χ1) is 7.70. The highest BCUT2D eigenvalue weighted by Gasteiger charge is 2.05. The number of hydrogen-bond acceptors (Lipinski definition) is 3. The van der Waals surface area contributed by atoms with Crippen molar-refractivity contribution in [1.29, 1.82) is 0 Å². The van der Waals surface area contributed by atoms with Gasteiger partial charge in [-0.3, -0.25) is 0 Å². The summed E-state index contributed by atoms with van der Waals surface area (Å²) in [6, 6.07) is 8.38. The molecule has 3 heteroatoms. The highest BCUT2D eigenvalue weighted by atomic mass is 32.1. The summed E-state index contributed by atoms with van der Waals surface area (Å²) in [6.07, 6.45) is 0.145. The van der Waals surface area contributed by atoms with Gasteiger partial charge < -0.3 is 4.74 Å². The minimum Gasteiger partial charge on any atom is -0.377 e. The van der Waals surface area contributed by atoms with E-state index >= 15 is 0 Å². The van der Waals surface area contributed by atoms with E-state index in [0.29, 0.717) is 0 Å². The maximum atomic E-state index is 5.27. The van der Waals surface area contributed by atoms with Crippen LogP contribution in [-0.2, 0) is 4.74 Å². The lowest BCUT2D eigenvalue weighted by Gasteiger charge is -2.09. The molecule has 2 nitrogen and oxygen atoms in total. The summed E-state index contributed by atoms with van der Waals surface area (Å²) in [5.41, 5.74) is 3.41. The van der Waals surface area contributed by atoms with Gasteiger partial charge in [-0.25, -0.2) is 4.98 Å². The predicted molar refractivity (Wildman–Crippen MR) is 67.7 cm³/mol. The van der Waals surface area contributed by atoms with Crippen molar-refractivity contribution in [1.82, 2.24) is 4.98 Å². The molecule has 1 aromatic carbocycles. The molecular weight excluding hydrogens is 218 g/mol. The first-order valence-electron chi connectivity index (χ1n) is 5.26. The molecule has 1 heterocycles. The number of thiazole rings is 1. The second-order valence-electron chi connectivity index (χ2n) is 3.75. The van der Waals surface area contributed by atoms with Crippen molar-refractivity contribution < 1.29 is 4.74 Å². The fraction of sp³-hybridized carbons (Fsp3) is 0.308. The molecule has 0 aliphatic carbocycles. The Hall–Kier alpha value is -1.19. The van der Waals surface area contributed by atoms with Gasteiger partial charge >= 0.3 is 0 Å². The standard InChI is InChI=1S/C13H15NOS/c1-9(15-3)11-4-6-12(7-5-11)13-8-16-10(2)14-13/h4-9H,1-3H3. The average Bonchev–Trinajstić information content (AvgIpc) is 2.75. The Morgan fingerprint density at radius 2 is 1.94 bits per heavy atom. The van der Waals surface area contributed by atoms with Crippen molar-refractivity contribution in [2.24, 2.45) is 0 Å². The maximum Gasteiger partial charge on any atom is 0.0901 e. The molecule has 0 N–H and O–H groups in total. The minimum atomic E-state index is 0.145. The fourth-order valence-electron chi connectivity index (χ4n) is 1.56. The zero-order valence-corrected chi connectivity index (χ0v) is 10.5. The molecule has 0 saturated carbocycles. The molecule has 0 fully saturated rings. The number of ether oxygens (including phenoxy) is 1. The average molecular weight is 233 g/mol. The lowest BCUT2D eigenvalue weighted by Crippen LogP contribution is -1.94. The Morgan fingerprint density at radius 1 is 1.25 bits per heavy atom. The van der Waals surface area contributed by atoms with Crippen molar-refractivity contribution >= 4 is 11.3 Å². The highest BCUT2D eigenvalue weighted by Crippen LogP contribution is 2.24. The molecule has 16 heavy (non-hydrogen) atoms. The van der Waals surface area contributed by atoms with E-state index in [1.165, 1.54) is 5.56 Å². The molecular formula is C13H15NOS. The predicted octanol–water partition coefficient (Wildman–Crippen LogP) is 3.83. The zero-order chi connectivity index (χ0) is 11.5. The molecule has 0 saturated heterocycles. The van der Waals surface area contributed by atoms with E-state index in [1.807, 2.05) is 13.8 Å². The van der Waals surface area contributed by atoms with Crippen LogP contribution in [0.5, 0.6) is 0 Å². The highest BCUT2D eigenvalue weighted by molar-refractivity contribution is 7.09. The number of methoxy groups -OCH3 is 1. The van der Waals surface area contributed by atoms with Crippen LogP contribution in [-0.4, -0.2) is 12.1 Å². The Labute approximate surface area is 99.9 Å². The van der Waals surface area contributed by atoms with E-state index in [-0.39, 0.29) is 6.10 Å². The summed E-state index contributed by atoms with van der Waals surface area (Å²) in [5, 5.41) is 3.19. The SMILES string of the molecule is COC(C)c1ccc(-c2csc(C)n2)cc1. The minimum absolute atomic E-state index is 0.145. The Kier molecular flexibility index (Phi) is 3.36. The molecule has 2 aromatic rings. The van der Waals surface area contributed by atoms with Crippen LogP contribution in [0.4, 0.5) is 0 Å². The summed E-state index contributed by atoms with van der Waals surface area (Å²) < 4.78 is 5.27. The third-order valence-corrected chi connectivity index (χ3v) is 3.42. The van der Waals surface area contributed by atoms with Crippen molar-refractivity contribution in [3.8, 4) is 11.3 Å². The van der Waals surface area contributed by atoms with Crippen LogP contribution in [0.15, 0.2) is 29.6 Å². The van der Waals surface area contributed by atoms with Crippen LogP contribution in [0.2, 0.25) is 0 Å². The number of benzene rings is 1. The van der Waals surface area contributed by atoms with Gasteiger partial charge in [-0.1, -0.05) is 24.3 Å². The summed E-state index contributed by atoms with van der Waals surface area (Å²) in [4.78, 5) is 4.46. The molecule has 0 bridgehead atoms. The van der Waals surface area contributed by atoms with Gasteiger partial charge in [-0.2, -0.15) is 0 Å². The van der Waals surface area contributed by atoms with E-state index in [2.05, 4.69) is 34.6 Å². The van der Waals surface area contributed by atoms with Gasteiger partial charge in [-0.05, 0) is 19.4 Å². The Bertz CT molecular complexity index is 461. The van der Waals surface area contributed by atoms with E-state index in [4.69, 9.17) is 4.74 Å². The van der Waals surface area contributed by atoms with E-state index in [1.54, 1.807) is 18.4 Å². The van der Waals surface area contributed by atoms with Crippen LogP contribution >= 0.6 is 11.3 Å². The summed E-state index contributed by atoms with van der Waals surface area (Å²) in [6.45, 7) is 4.07. The summed E-state index contributed by atoms with van der Waals surface area (Å²) in [7, 11) is 1.72. The Balaban J connectivity index is 2.25. The molecule has 1 aromatic heterocycles. The summed E-state index contributed by atoms with van der Waals surface area (Å²) in [5.74, 6) is 0. The van der Waals surface area contributed by atoms with Crippen molar-refractivity contribution in [2.45, 2.75) is 20.0 Å². The second kappa shape index (κ2) is 4.76. The molecule has 0 radical (unpaired) electrons. The summed E-state index contributed by atoms with van der Waals surface area (Å²) >= 11 is 1.68. The Morgan fingerprint density at radius 3 is 2.44 bits per heavy atom. The maximum absolute atomic E-state index is 5.27. The van der Waals surface area contributed by atoms with Gasteiger partial charge in [-0.15, -0.1) is 11.3 Å². The monoisotopic (exact) mass is 233 g/mol. The normalized spacial score (nSPS) is 12.7. The lowest BCUT2D eigenvalue weighted by atomic mass is 10.1. The third kappa shape index (κ3) is 2.31. The first-order valence-corrected chi connectivity index (χ1v) is 6.14. The number of aromatic nitrogens is 1. The van der Waals surface area contributed by atoms with Crippen LogP contribution < -0.4 is 0 Å². The smallest absolute Gasteiger partial charge is 0.0901 e. The fourth-order valence-corrected chi connectivity index (χ4v) is 2.18. The number of nitrogens with zero attached hydrogens (tertiary/aromatic N) is 1. The quantitative estimate of drug-likeness (QED) is 0.804. The van der Waals surface area contributed by atoms with Gasteiger partial charge in [0, 0.05) is 18.1 Å². The molecule has 0 spiro atoms. The van der Waals surface area contributed by atoms with Gasteiger partial charge in [0.25, 0.3) is 0 Å². The molecule has 1 atom stereocenters. The van der Waals surface area contributed by atoms with Gasteiger partial charge in [0.1, 0.15) is 0 Å². The largest absolute Gasteiger partial charge is 0.377 e. The van der Waals surface area contributed by atoms with Crippen molar-refractivity contribution in [2.75, 3.05) is 7.11 Å². The van der Waals surface area contributed by atoms with Gasteiger partial charge in [0.2, 0.25) is 0 Å². The third-order valence-electron chi connectivity index (χ3n) is 2.65. The molecule has 0 aliphatic rings. The number of aryl methyl sites for hydroxylation is 1. The molecule has 0 aliphatic heterocycles. The topological polar surface area (TPSA) is 22.1 Å². The molecule has 2 rings (SSSR count). The number of hydrogen-bond donors (Lipinski definition) is 0. The van der Waals surface area contributed by atoms with Gasteiger partial charge in [0.05, 0.1) is 16.8 Å². The van der Waals surface area contributed by atoms with Crippen LogP contribution in [0, 0.1) is 6.92 Å². The van der Waals surface area contributed by atoms with Crippen LogP contribution in [0.1, 0.15) is 23.6 Å². The van der Waals surface area contributed by atoms with E-state index in [0.717, 1.165) is 16.3 Å². The van der Waals surface area contributed by atoms with Crippen molar-refractivity contribution in [3.05, 3.63) is 40.2 Å². The molecule has 0 amide bonds. The van der Waals surface area contributed by atoms with Crippen LogP contribution in [0.3, 0.4) is 0 Å². The second-order valence-corrected chi connectivity index (χ2v) is 4.81.